The molecule has 3 aromatic carbocycles. The fourth-order valence-corrected chi connectivity index (χ4v) is 4.23. The van der Waals surface area contributed by atoms with Crippen LogP contribution in [0.3, 0.4) is 0 Å². The lowest BCUT2D eigenvalue weighted by atomic mass is 9.94. The van der Waals surface area contributed by atoms with Crippen molar-refractivity contribution in [3.63, 3.8) is 0 Å². The maximum atomic E-state index is 15.4. The summed E-state index contributed by atoms with van der Waals surface area (Å²) in [5.41, 5.74) is 0.515. The van der Waals surface area contributed by atoms with E-state index in [1.807, 2.05) is 4.72 Å². The van der Waals surface area contributed by atoms with Gasteiger partial charge >= 0.3 is 5.92 Å². The van der Waals surface area contributed by atoms with Crippen molar-refractivity contribution in [1.29, 1.82) is 0 Å². The second kappa shape index (κ2) is 8.95. The third kappa shape index (κ3) is 4.98. The first-order chi connectivity index (χ1) is 14.6. The van der Waals surface area contributed by atoms with Gasteiger partial charge in [-0.2, -0.15) is 13.5 Å². The third-order valence-electron chi connectivity index (χ3n) is 4.75. The highest BCUT2D eigenvalue weighted by molar-refractivity contribution is 7.89. The summed E-state index contributed by atoms with van der Waals surface area (Å²) < 4.78 is 63.7. The van der Waals surface area contributed by atoms with Gasteiger partial charge in [-0.15, -0.1) is 0 Å². The highest BCUT2D eigenvalue weighted by Gasteiger charge is 2.50. The SMILES string of the molecule is COc1ccc(C(NS(=O)(=O)c2ccc(C)cc2)C(F)(F)C(=O)c2ccccc2)cc1. The number of hydrogen-bond acceptors (Lipinski definition) is 4. The first kappa shape index (κ1) is 22.6. The molecule has 0 aliphatic carbocycles. The van der Waals surface area contributed by atoms with E-state index in [-0.39, 0.29) is 16.0 Å². The van der Waals surface area contributed by atoms with Crippen LogP contribution in [0.5, 0.6) is 5.75 Å². The minimum absolute atomic E-state index is 0.0780. The van der Waals surface area contributed by atoms with Gasteiger partial charge in [-0.1, -0.05) is 60.2 Å². The molecule has 0 amide bonds. The molecule has 0 heterocycles. The van der Waals surface area contributed by atoms with Gasteiger partial charge in [-0.05, 0) is 36.8 Å². The second-order valence-corrected chi connectivity index (χ2v) is 8.67. The van der Waals surface area contributed by atoms with E-state index in [1.54, 1.807) is 25.1 Å². The molecule has 1 N–H and O–H groups in total. The van der Waals surface area contributed by atoms with Crippen molar-refractivity contribution >= 4 is 15.8 Å². The molecule has 0 saturated carbocycles. The third-order valence-corrected chi connectivity index (χ3v) is 6.19. The molecule has 0 aliphatic heterocycles. The van der Waals surface area contributed by atoms with Crippen LogP contribution in [0, 0.1) is 6.92 Å². The van der Waals surface area contributed by atoms with Crippen LogP contribution in [0.25, 0.3) is 0 Å². The van der Waals surface area contributed by atoms with Crippen LogP contribution in [0.15, 0.2) is 83.8 Å². The predicted molar refractivity (Wildman–Crippen MR) is 113 cm³/mol. The number of carbonyl (C=O) groups is 1. The summed E-state index contributed by atoms with van der Waals surface area (Å²) in [6, 6.07) is 16.1. The second-order valence-electron chi connectivity index (χ2n) is 6.96. The molecule has 0 spiro atoms. The number of ether oxygens (including phenoxy) is 1. The summed E-state index contributed by atoms with van der Waals surface area (Å²) >= 11 is 0. The van der Waals surface area contributed by atoms with E-state index in [0.717, 1.165) is 5.56 Å². The molecule has 0 aliphatic rings. The van der Waals surface area contributed by atoms with Crippen molar-refractivity contribution in [1.82, 2.24) is 4.72 Å². The van der Waals surface area contributed by atoms with Crippen molar-refractivity contribution in [2.75, 3.05) is 7.11 Å². The molecule has 162 valence electrons. The van der Waals surface area contributed by atoms with Gasteiger partial charge < -0.3 is 4.74 Å². The van der Waals surface area contributed by atoms with E-state index < -0.39 is 27.8 Å². The molecule has 5 nitrogen and oxygen atoms in total. The quantitative estimate of drug-likeness (QED) is 0.517. The number of benzene rings is 3. The van der Waals surface area contributed by atoms with Crippen molar-refractivity contribution in [2.45, 2.75) is 23.8 Å². The lowest BCUT2D eigenvalue weighted by Crippen LogP contribution is -2.45. The first-order valence-corrected chi connectivity index (χ1v) is 10.8. The van der Waals surface area contributed by atoms with Crippen LogP contribution in [-0.4, -0.2) is 27.2 Å². The van der Waals surface area contributed by atoms with E-state index in [0.29, 0.717) is 5.75 Å². The molecule has 1 unspecified atom stereocenters. The summed E-state index contributed by atoms with van der Waals surface area (Å²) in [7, 11) is -2.94. The van der Waals surface area contributed by atoms with E-state index in [4.69, 9.17) is 4.74 Å². The van der Waals surface area contributed by atoms with Gasteiger partial charge in [0.05, 0.1) is 12.0 Å². The first-order valence-electron chi connectivity index (χ1n) is 9.36. The Morgan fingerprint density at radius 3 is 2.06 bits per heavy atom. The molecule has 1 atom stereocenters. The molecule has 8 heteroatoms. The average molecular weight is 445 g/mol. The number of methoxy groups -OCH3 is 1. The molecular weight excluding hydrogens is 424 g/mol. The van der Waals surface area contributed by atoms with Gasteiger partial charge in [-0.25, -0.2) is 8.42 Å². The Labute approximate surface area is 179 Å². The Morgan fingerprint density at radius 2 is 1.52 bits per heavy atom. The summed E-state index contributed by atoms with van der Waals surface area (Å²) in [4.78, 5) is 12.5. The Kier molecular flexibility index (Phi) is 6.52. The van der Waals surface area contributed by atoms with E-state index in [2.05, 4.69) is 0 Å². The molecule has 0 radical (unpaired) electrons. The zero-order chi connectivity index (χ0) is 22.6. The number of aryl methyl sites for hydroxylation is 1. The number of ketones is 1. The van der Waals surface area contributed by atoms with Crippen LogP contribution in [0.4, 0.5) is 8.78 Å². The molecule has 0 aromatic heterocycles. The topological polar surface area (TPSA) is 72.5 Å². The number of Topliss-reactive ketones (excluding diaryl/α,β-unsaturated/α-hetero) is 1. The molecule has 0 saturated heterocycles. The van der Waals surface area contributed by atoms with Gasteiger partial charge in [-0.3, -0.25) is 4.79 Å². The monoisotopic (exact) mass is 445 g/mol. The number of halogens is 2. The Hall–Kier alpha value is -3.10. The minimum Gasteiger partial charge on any atom is -0.497 e. The van der Waals surface area contributed by atoms with E-state index in [9.17, 15) is 13.2 Å². The van der Waals surface area contributed by atoms with Crippen LogP contribution >= 0.6 is 0 Å². The summed E-state index contributed by atoms with van der Waals surface area (Å²) in [6.45, 7) is 1.77. The standard InChI is InChI=1S/C23H21F2NO4S/c1-16-8-14-20(15-9-16)31(28,29)26-21(17-10-12-19(30-2)13-11-17)23(24,25)22(27)18-6-4-3-5-7-18/h3-15,21,26H,1-2H3. The molecule has 3 aromatic rings. The Bertz CT molecular complexity index is 1150. The maximum Gasteiger partial charge on any atom is 0.329 e. The summed E-state index contributed by atoms with van der Waals surface area (Å²) in [5.74, 6) is -5.14. The molecule has 31 heavy (non-hydrogen) atoms. The summed E-state index contributed by atoms with van der Waals surface area (Å²) in [5, 5.41) is 0. The number of hydrogen-bond donors (Lipinski definition) is 1. The highest BCUT2D eigenvalue weighted by atomic mass is 32.2. The van der Waals surface area contributed by atoms with Crippen molar-refractivity contribution in [2.24, 2.45) is 0 Å². The van der Waals surface area contributed by atoms with Gasteiger partial charge in [0.15, 0.2) is 0 Å². The highest BCUT2D eigenvalue weighted by Crippen LogP contribution is 2.36. The van der Waals surface area contributed by atoms with E-state index >= 15 is 8.78 Å². The van der Waals surface area contributed by atoms with Gasteiger partial charge in [0.25, 0.3) is 0 Å². The molecule has 0 fully saturated rings. The lowest BCUT2D eigenvalue weighted by molar-refractivity contribution is -0.0111. The fourth-order valence-electron chi connectivity index (χ4n) is 3.00. The zero-order valence-corrected chi connectivity index (χ0v) is 17.7. The number of carbonyl (C=O) groups excluding carboxylic acids is 1. The van der Waals surface area contributed by atoms with Gasteiger partial charge in [0, 0.05) is 5.56 Å². The molecular formula is C23H21F2NO4S. The predicted octanol–water partition coefficient (Wildman–Crippen LogP) is 4.54. The normalized spacial score (nSPS) is 12.9. The van der Waals surface area contributed by atoms with E-state index in [1.165, 1.54) is 67.8 Å². The molecule has 0 bridgehead atoms. The largest absolute Gasteiger partial charge is 0.497 e. The number of rotatable bonds is 8. The zero-order valence-electron chi connectivity index (χ0n) is 16.9. The average Bonchev–Trinajstić information content (AvgIpc) is 2.78. The Balaban J connectivity index is 2.05. The number of nitrogens with one attached hydrogen (secondary N) is 1. The van der Waals surface area contributed by atoms with Gasteiger partial charge in [0.2, 0.25) is 15.8 Å². The summed E-state index contributed by atoms with van der Waals surface area (Å²) in [6.07, 6.45) is 0. The lowest BCUT2D eigenvalue weighted by Gasteiger charge is -2.27. The van der Waals surface area contributed by atoms with Gasteiger partial charge in [0.1, 0.15) is 11.8 Å². The van der Waals surface area contributed by atoms with Crippen LogP contribution in [0.2, 0.25) is 0 Å². The fraction of sp³-hybridized carbons (Fsp3) is 0.174. The van der Waals surface area contributed by atoms with Crippen LogP contribution in [-0.2, 0) is 10.0 Å². The maximum absolute atomic E-state index is 15.4. The Morgan fingerprint density at radius 1 is 0.935 bits per heavy atom. The smallest absolute Gasteiger partial charge is 0.329 e. The minimum atomic E-state index is -4.35. The van der Waals surface area contributed by atoms with Crippen molar-refractivity contribution in [3.8, 4) is 5.75 Å². The molecule has 3 rings (SSSR count). The number of sulfonamides is 1. The number of alkyl halides is 2. The van der Waals surface area contributed by atoms with Crippen molar-refractivity contribution < 1.29 is 26.7 Å². The van der Waals surface area contributed by atoms with Crippen LogP contribution < -0.4 is 9.46 Å². The van der Waals surface area contributed by atoms with Crippen LogP contribution in [0.1, 0.15) is 27.5 Å². The van der Waals surface area contributed by atoms with Crippen molar-refractivity contribution in [3.05, 3.63) is 95.6 Å².